The number of hydrogen-bond acceptors (Lipinski definition) is 1. The molecule has 0 amide bonds. The van der Waals surface area contributed by atoms with Crippen molar-refractivity contribution in [2.24, 2.45) is 3.52 Å². The standard InChI is InChI=1S/C6H15P.Au.N3/c1-4-7(5-2)6-3;;1-3-2/h4-6H2,1-3H3;;/q;;-1/p+1. The van der Waals surface area contributed by atoms with Gasteiger partial charge in [0.25, 0.3) is 0 Å². The van der Waals surface area contributed by atoms with Gasteiger partial charge in [0, 0.05) is 0 Å². The first kappa shape index (κ1) is 11.5. The van der Waals surface area contributed by atoms with Gasteiger partial charge in [-0.15, -0.1) is 0 Å². The molecule has 0 heterocycles. The van der Waals surface area contributed by atoms with Gasteiger partial charge in [-0.1, -0.05) is 0 Å². The quantitative estimate of drug-likeness (QED) is 0.239. The van der Waals surface area contributed by atoms with E-state index in [0.717, 1.165) is 0 Å². The van der Waals surface area contributed by atoms with Crippen molar-refractivity contribution >= 4 is 5.15 Å². The van der Waals surface area contributed by atoms with E-state index >= 15 is 0 Å². The van der Waals surface area contributed by atoms with Crippen molar-refractivity contribution in [1.82, 2.24) is 0 Å². The molecule has 0 aromatic carbocycles. The summed E-state index contributed by atoms with van der Waals surface area (Å²) in [6, 6.07) is 0. The number of nitrogens with zero attached hydrogens (tertiary/aromatic N) is 3. The molecule has 0 N–H and O–H groups in total. The van der Waals surface area contributed by atoms with Crippen molar-refractivity contribution in [2.45, 2.75) is 20.8 Å². The van der Waals surface area contributed by atoms with Gasteiger partial charge in [-0.05, 0) is 0 Å². The Morgan fingerprint density at radius 3 is 2.00 bits per heavy atom. The van der Waals surface area contributed by atoms with Crippen LogP contribution in [0.2, 0.25) is 0 Å². The van der Waals surface area contributed by atoms with Gasteiger partial charge >= 0.3 is 77.9 Å². The predicted molar refractivity (Wildman–Crippen MR) is 49.1 cm³/mol. The number of azide groups is 1. The maximum absolute atomic E-state index is 8.22. The van der Waals surface area contributed by atoms with Crippen LogP contribution in [-0.2, 0) is 19.5 Å². The van der Waals surface area contributed by atoms with Gasteiger partial charge in [0.15, 0.2) is 0 Å². The minimum absolute atomic E-state index is 0.0687. The Bertz CT molecular complexity index is 144. The second kappa shape index (κ2) is 6.05. The van der Waals surface area contributed by atoms with E-state index in [-0.39, 0.29) is 19.5 Å². The summed E-state index contributed by atoms with van der Waals surface area (Å²) in [4.78, 5) is 2.87. The summed E-state index contributed by atoms with van der Waals surface area (Å²) in [7, 11) is 0. The molecule has 0 fully saturated rings. The van der Waals surface area contributed by atoms with Crippen LogP contribution >= 0.6 is 5.15 Å². The fraction of sp³-hybridized carbons (Fsp3) is 1.00. The van der Waals surface area contributed by atoms with Crippen molar-refractivity contribution in [3.05, 3.63) is 10.4 Å². The summed E-state index contributed by atoms with van der Waals surface area (Å²) in [5.41, 5.74) is 8.22. The second-order valence-corrected chi connectivity index (χ2v) is 15.5. The summed E-state index contributed by atoms with van der Waals surface area (Å²) in [5.74, 6) is 0. The first-order valence-corrected chi connectivity index (χ1v) is 10.5. The van der Waals surface area contributed by atoms with Gasteiger partial charge in [0.1, 0.15) is 0 Å². The third-order valence-corrected chi connectivity index (χ3v) is 16.8. The molecular weight excluding hydrogens is 342 g/mol. The van der Waals surface area contributed by atoms with Crippen molar-refractivity contribution in [2.75, 3.05) is 18.5 Å². The number of rotatable bonds is 5. The molecule has 0 bridgehead atoms. The van der Waals surface area contributed by atoms with Crippen LogP contribution in [0.5, 0.6) is 0 Å². The van der Waals surface area contributed by atoms with Crippen molar-refractivity contribution in [1.29, 1.82) is 0 Å². The molecule has 0 unspecified atom stereocenters. The van der Waals surface area contributed by atoms with E-state index in [1.165, 1.54) is 18.5 Å². The monoisotopic (exact) mass is 358 g/mol. The zero-order chi connectivity index (χ0) is 8.74. The Hall–Kier alpha value is 0.480. The van der Waals surface area contributed by atoms with Gasteiger partial charge in [0.2, 0.25) is 0 Å². The Kier molecular flexibility index (Phi) is 6.31. The Labute approximate surface area is 78.0 Å². The van der Waals surface area contributed by atoms with Crippen LogP contribution in [-0.4, -0.2) is 18.5 Å². The summed E-state index contributed by atoms with van der Waals surface area (Å²) >= 11 is -0.0687. The molecule has 0 radical (unpaired) electrons. The van der Waals surface area contributed by atoms with E-state index in [1.807, 2.05) is 0 Å². The molecule has 5 heteroatoms. The molecule has 3 nitrogen and oxygen atoms in total. The fourth-order valence-electron chi connectivity index (χ4n) is 0.970. The van der Waals surface area contributed by atoms with E-state index in [9.17, 15) is 0 Å². The fourth-order valence-corrected chi connectivity index (χ4v) is 7.66. The van der Waals surface area contributed by atoms with Gasteiger partial charge < -0.3 is 0 Å². The first-order valence-electron chi connectivity index (χ1n) is 3.87. The first-order chi connectivity index (χ1) is 5.24. The van der Waals surface area contributed by atoms with Crippen LogP contribution in [0.4, 0.5) is 0 Å². The Balaban J connectivity index is 4.15. The number of hydrogen-bond donors (Lipinski definition) is 0. The van der Waals surface area contributed by atoms with Crippen LogP contribution in [0.25, 0.3) is 10.4 Å². The molecule has 0 atom stereocenters. The van der Waals surface area contributed by atoms with Gasteiger partial charge in [-0.3, -0.25) is 0 Å². The maximum atomic E-state index is 8.22. The predicted octanol–water partition coefficient (Wildman–Crippen LogP) is 3.02. The zero-order valence-corrected chi connectivity index (χ0v) is 10.4. The van der Waals surface area contributed by atoms with Crippen molar-refractivity contribution in [3.63, 3.8) is 0 Å². The Morgan fingerprint density at radius 2 is 1.73 bits per heavy atom. The van der Waals surface area contributed by atoms with E-state index in [4.69, 9.17) is 5.53 Å². The molecule has 0 spiro atoms. The molecule has 11 heavy (non-hydrogen) atoms. The van der Waals surface area contributed by atoms with E-state index < -0.39 is 5.15 Å². The molecule has 0 aliphatic rings. The average molecular weight is 358 g/mol. The molecule has 0 aliphatic heterocycles. The molecule has 0 saturated heterocycles. The Morgan fingerprint density at radius 1 is 1.27 bits per heavy atom. The molecule has 0 saturated carbocycles. The minimum atomic E-state index is -1.06. The van der Waals surface area contributed by atoms with E-state index in [2.05, 4.69) is 29.2 Å². The van der Waals surface area contributed by atoms with E-state index in [1.54, 1.807) is 0 Å². The van der Waals surface area contributed by atoms with Crippen molar-refractivity contribution in [3.8, 4) is 0 Å². The third kappa shape index (κ3) is 3.59. The topological polar surface area (TPSA) is 48.8 Å². The molecule has 0 aliphatic carbocycles. The van der Waals surface area contributed by atoms with Crippen molar-refractivity contribution < 1.29 is 19.5 Å². The van der Waals surface area contributed by atoms with Crippen LogP contribution in [0.1, 0.15) is 20.8 Å². The van der Waals surface area contributed by atoms with Gasteiger partial charge in [0.05, 0.1) is 0 Å². The van der Waals surface area contributed by atoms with Crippen LogP contribution in [0.3, 0.4) is 0 Å². The molecule has 71 valence electrons. The average Bonchev–Trinajstić information content (AvgIpc) is 2.08. The SMILES string of the molecule is CC[PH](CC)(CC)[Au][N]=[N+]=[N-]. The zero-order valence-electron chi connectivity index (χ0n) is 7.26. The third-order valence-electron chi connectivity index (χ3n) is 2.02. The summed E-state index contributed by atoms with van der Waals surface area (Å²) in [5, 5.41) is -1.06. The van der Waals surface area contributed by atoms with Gasteiger partial charge in [-0.25, -0.2) is 0 Å². The molecular formula is C6H16AuN3P. The molecule has 0 aromatic heterocycles. The van der Waals surface area contributed by atoms with Crippen LogP contribution in [0.15, 0.2) is 3.52 Å². The second-order valence-electron chi connectivity index (χ2n) is 2.35. The van der Waals surface area contributed by atoms with Crippen LogP contribution < -0.4 is 0 Å². The van der Waals surface area contributed by atoms with Crippen LogP contribution in [0, 0.1) is 0 Å². The molecule has 0 aromatic rings. The normalized spacial score (nSPS) is 12.6. The summed E-state index contributed by atoms with van der Waals surface area (Å²) in [6.45, 7) is 6.72. The summed E-state index contributed by atoms with van der Waals surface area (Å²) in [6.07, 6.45) is 3.84. The molecule has 0 rings (SSSR count). The summed E-state index contributed by atoms with van der Waals surface area (Å²) < 4.78 is 3.80. The van der Waals surface area contributed by atoms with E-state index in [0.29, 0.717) is 0 Å². The van der Waals surface area contributed by atoms with Gasteiger partial charge in [-0.2, -0.15) is 0 Å².